The lowest BCUT2D eigenvalue weighted by atomic mass is 9.82. The summed E-state index contributed by atoms with van der Waals surface area (Å²) < 4.78 is 0. The molecule has 3 nitrogen and oxygen atoms in total. The van der Waals surface area contributed by atoms with E-state index in [4.69, 9.17) is 0 Å². The topological polar surface area (TPSA) is 35.5 Å². The number of phenolic OH excluding ortho intramolecular Hbond substituents is 1. The third-order valence-electron chi connectivity index (χ3n) is 5.24. The van der Waals surface area contributed by atoms with Gasteiger partial charge in [0.15, 0.2) is 0 Å². The van der Waals surface area contributed by atoms with Crippen LogP contribution in [0.15, 0.2) is 24.3 Å². The number of nitrogens with zero attached hydrogens (tertiary/aromatic N) is 1. The first-order chi connectivity index (χ1) is 10.1. The van der Waals surface area contributed by atoms with Gasteiger partial charge in [0.1, 0.15) is 5.75 Å². The number of phenols is 1. The molecule has 1 fully saturated rings. The molecule has 0 bridgehead atoms. The molecule has 1 heterocycles. The fourth-order valence-corrected chi connectivity index (χ4v) is 3.65. The van der Waals surface area contributed by atoms with E-state index < -0.39 is 0 Å². The Bertz CT molecular complexity index is 443. The lowest BCUT2D eigenvalue weighted by Crippen LogP contribution is -2.60. The predicted molar refractivity (Wildman–Crippen MR) is 88.8 cm³/mol. The van der Waals surface area contributed by atoms with Crippen molar-refractivity contribution in [3.63, 3.8) is 0 Å². The van der Waals surface area contributed by atoms with Crippen LogP contribution in [-0.2, 0) is 6.42 Å². The average Bonchev–Trinajstić information content (AvgIpc) is 2.53. The number of likely N-dealkylation sites (tertiary alicyclic amines) is 1. The van der Waals surface area contributed by atoms with Crippen LogP contribution in [0.5, 0.6) is 5.75 Å². The number of piperidine rings is 1. The fourth-order valence-electron chi connectivity index (χ4n) is 3.65. The van der Waals surface area contributed by atoms with Crippen LogP contribution in [0.1, 0.15) is 45.1 Å². The standard InChI is InChI=1S/C18H30N2O/c1-4-18(2,20-11-6-5-7-12-20)17(19-3)14-15-9-8-10-16(21)13-15/h8-10,13,17,19,21H,4-7,11-12,14H2,1-3H3. The Labute approximate surface area is 129 Å². The Morgan fingerprint density at radius 3 is 2.57 bits per heavy atom. The largest absolute Gasteiger partial charge is 0.508 e. The van der Waals surface area contributed by atoms with Gasteiger partial charge in [-0.15, -0.1) is 0 Å². The van der Waals surface area contributed by atoms with Gasteiger partial charge in [-0.05, 0) is 70.4 Å². The number of hydrogen-bond acceptors (Lipinski definition) is 3. The molecule has 1 aromatic rings. The van der Waals surface area contributed by atoms with Gasteiger partial charge in [-0.3, -0.25) is 4.90 Å². The molecule has 2 N–H and O–H groups in total. The lowest BCUT2D eigenvalue weighted by Gasteiger charge is -2.48. The minimum absolute atomic E-state index is 0.167. The number of nitrogens with one attached hydrogen (secondary N) is 1. The van der Waals surface area contributed by atoms with E-state index in [1.807, 2.05) is 12.1 Å². The number of benzene rings is 1. The van der Waals surface area contributed by atoms with Gasteiger partial charge in [-0.25, -0.2) is 0 Å². The first-order valence-electron chi connectivity index (χ1n) is 8.30. The summed E-state index contributed by atoms with van der Waals surface area (Å²) >= 11 is 0. The van der Waals surface area contributed by atoms with Crippen molar-refractivity contribution in [2.75, 3.05) is 20.1 Å². The highest BCUT2D eigenvalue weighted by Crippen LogP contribution is 2.29. The normalized spacial score (nSPS) is 20.9. The molecule has 0 amide bonds. The number of aromatic hydroxyl groups is 1. The van der Waals surface area contributed by atoms with Crippen LogP contribution in [0.2, 0.25) is 0 Å². The smallest absolute Gasteiger partial charge is 0.115 e. The van der Waals surface area contributed by atoms with Gasteiger partial charge < -0.3 is 10.4 Å². The third-order valence-corrected chi connectivity index (χ3v) is 5.24. The second-order valence-electron chi connectivity index (χ2n) is 6.47. The van der Waals surface area contributed by atoms with Crippen LogP contribution in [-0.4, -0.2) is 41.7 Å². The molecule has 2 unspecified atom stereocenters. The summed E-state index contributed by atoms with van der Waals surface area (Å²) in [7, 11) is 2.06. The first kappa shape index (κ1) is 16.3. The van der Waals surface area contributed by atoms with Crippen LogP contribution in [0, 0.1) is 0 Å². The monoisotopic (exact) mass is 290 g/mol. The van der Waals surface area contributed by atoms with E-state index in [0.717, 1.165) is 12.8 Å². The van der Waals surface area contributed by atoms with E-state index in [1.54, 1.807) is 6.07 Å². The minimum Gasteiger partial charge on any atom is -0.508 e. The van der Waals surface area contributed by atoms with E-state index in [2.05, 4.69) is 37.2 Å². The molecule has 1 aliphatic rings. The highest BCUT2D eigenvalue weighted by Gasteiger charge is 2.37. The zero-order valence-electron chi connectivity index (χ0n) is 13.7. The fraction of sp³-hybridized carbons (Fsp3) is 0.667. The number of likely N-dealkylation sites (N-methyl/N-ethyl adjacent to an activating group) is 1. The molecule has 1 saturated heterocycles. The molecular weight excluding hydrogens is 260 g/mol. The summed E-state index contributed by atoms with van der Waals surface area (Å²) in [5.74, 6) is 0.360. The van der Waals surface area contributed by atoms with Crippen molar-refractivity contribution in [2.24, 2.45) is 0 Å². The SMILES string of the molecule is CCC(C)(C(Cc1cccc(O)c1)NC)N1CCCCC1. The predicted octanol–water partition coefficient (Wildman–Crippen LogP) is 3.18. The molecule has 0 aliphatic carbocycles. The third kappa shape index (κ3) is 3.78. The number of rotatable bonds is 6. The quantitative estimate of drug-likeness (QED) is 0.844. The Kier molecular flexibility index (Phi) is 5.65. The van der Waals surface area contributed by atoms with Gasteiger partial charge in [-0.1, -0.05) is 25.5 Å². The second kappa shape index (κ2) is 7.28. The van der Waals surface area contributed by atoms with Gasteiger partial charge in [0, 0.05) is 11.6 Å². The van der Waals surface area contributed by atoms with Gasteiger partial charge in [0.05, 0.1) is 0 Å². The lowest BCUT2D eigenvalue weighted by molar-refractivity contribution is 0.0453. The summed E-state index contributed by atoms with van der Waals surface area (Å²) in [5, 5.41) is 13.2. The minimum atomic E-state index is 0.167. The molecule has 118 valence electrons. The molecule has 0 saturated carbocycles. The molecule has 21 heavy (non-hydrogen) atoms. The Hall–Kier alpha value is -1.06. The van der Waals surface area contributed by atoms with Crippen LogP contribution < -0.4 is 5.32 Å². The maximum atomic E-state index is 9.68. The van der Waals surface area contributed by atoms with E-state index in [-0.39, 0.29) is 5.54 Å². The van der Waals surface area contributed by atoms with Crippen molar-refractivity contribution < 1.29 is 5.11 Å². The molecule has 1 aromatic carbocycles. The van der Waals surface area contributed by atoms with E-state index in [0.29, 0.717) is 11.8 Å². The molecular formula is C18H30N2O. The van der Waals surface area contributed by atoms with Crippen LogP contribution in [0.4, 0.5) is 0 Å². The van der Waals surface area contributed by atoms with Gasteiger partial charge in [0.25, 0.3) is 0 Å². The van der Waals surface area contributed by atoms with Crippen molar-refractivity contribution >= 4 is 0 Å². The van der Waals surface area contributed by atoms with E-state index in [1.165, 1.54) is 37.9 Å². The summed E-state index contributed by atoms with van der Waals surface area (Å²) in [6, 6.07) is 8.05. The average molecular weight is 290 g/mol. The zero-order chi connectivity index (χ0) is 15.3. The first-order valence-corrected chi connectivity index (χ1v) is 8.30. The molecule has 0 spiro atoms. The van der Waals surface area contributed by atoms with Gasteiger partial charge in [-0.2, -0.15) is 0 Å². The Morgan fingerprint density at radius 2 is 2.00 bits per heavy atom. The van der Waals surface area contributed by atoms with Crippen molar-refractivity contribution in [1.82, 2.24) is 10.2 Å². The zero-order valence-corrected chi connectivity index (χ0v) is 13.7. The molecule has 0 aromatic heterocycles. The van der Waals surface area contributed by atoms with E-state index >= 15 is 0 Å². The summed E-state index contributed by atoms with van der Waals surface area (Å²) in [6.07, 6.45) is 6.09. The molecule has 2 rings (SSSR count). The maximum absolute atomic E-state index is 9.68. The van der Waals surface area contributed by atoms with Gasteiger partial charge >= 0.3 is 0 Å². The summed E-state index contributed by atoms with van der Waals surface area (Å²) in [4.78, 5) is 2.67. The van der Waals surface area contributed by atoms with Crippen molar-refractivity contribution in [3.8, 4) is 5.75 Å². The molecule has 0 radical (unpaired) electrons. The van der Waals surface area contributed by atoms with Crippen LogP contribution >= 0.6 is 0 Å². The highest BCUT2D eigenvalue weighted by molar-refractivity contribution is 5.28. The Balaban J connectivity index is 2.16. The van der Waals surface area contributed by atoms with Crippen LogP contribution in [0.3, 0.4) is 0 Å². The summed E-state index contributed by atoms with van der Waals surface area (Å²) in [6.45, 7) is 7.11. The van der Waals surface area contributed by atoms with Crippen molar-refractivity contribution in [1.29, 1.82) is 0 Å². The van der Waals surface area contributed by atoms with Gasteiger partial charge in [0.2, 0.25) is 0 Å². The van der Waals surface area contributed by atoms with E-state index in [9.17, 15) is 5.11 Å². The summed E-state index contributed by atoms with van der Waals surface area (Å²) in [5.41, 5.74) is 1.37. The van der Waals surface area contributed by atoms with Crippen molar-refractivity contribution in [3.05, 3.63) is 29.8 Å². The maximum Gasteiger partial charge on any atom is 0.115 e. The Morgan fingerprint density at radius 1 is 1.29 bits per heavy atom. The van der Waals surface area contributed by atoms with Crippen molar-refractivity contribution in [2.45, 2.75) is 57.5 Å². The molecule has 2 atom stereocenters. The molecule has 1 aliphatic heterocycles. The molecule has 3 heteroatoms. The van der Waals surface area contributed by atoms with Crippen LogP contribution in [0.25, 0.3) is 0 Å². The second-order valence-corrected chi connectivity index (χ2v) is 6.47. The number of hydrogen-bond donors (Lipinski definition) is 2. The highest BCUT2D eigenvalue weighted by atomic mass is 16.3.